The molecule has 4 aromatic rings. The molecule has 0 unspecified atom stereocenters. The Hall–Kier alpha value is -3.93. The van der Waals surface area contributed by atoms with E-state index in [2.05, 4.69) is 10.5 Å². The molecule has 1 N–H and O–H groups in total. The molecule has 0 aliphatic rings. The molecule has 0 aliphatic heterocycles. The summed E-state index contributed by atoms with van der Waals surface area (Å²) in [5.41, 5.74) is 4.92. The van der Waals surface area contributed by atoms with Crippen LogP contribution >= 0.6 is 0 Å². The lowest BCUT2D eigenvalue weighted by Crippen LogP contribution is -2.42. The molecule has 3 aromatic carbocycles. The third-order valence-electron chi connectivity index (χ3n) is 4.61. The number of aromatic nitrogens is 2. The smallest absolute Gasteiger partial charge is 0.271 e. The summed E-state index contributed by atoms with van der Waals surface area (Å²) in [4.78, 5) is 25.6. The van der Waals surface area contributed by atoms with E-state index in [0.717, 1.165) is 16.8 Å². The fourth-order valence-corrected chi connectivity index (χ4v) is 3.24. The van der Waals surface area contributed by atoms with Crippen molar-refractivity contribution in [2.75, 3.05) is 5.01 Å². The lowest BCUT2D eigenvalue weighted by molar-refractivity contribution is -0.121. The first kappa shape index (κ1) is 18.4. The topological polar surface area (TPSA) is 67.2 Å². The predicted molar refractivity (Wildman–Crippen MR) is 114 cm³/mol. The van der Waals surface area contributed by atoms with Gasteiger partial charge in [0.25, 0.3) is 11.5 Å². The molecule has 4 rings (SSSR count). The van der Waals surface area contributed by atoms with Gasteiger partial charge in [0.05, 0.1) is 22.5 Å². The summed E-state index contributed by atoms with van der Waals surface area (Å²) in [6.07, 6.45) is 0. The summed E-state index contributed by atoms with van der Waals surface area (Å²) in [5, 5.41) is 7.36. The molecule has 0 fully saturated rings. The molecule has 1 amide bonds. The molecule has 6 nitrogen and oxygen atoms in total. The quantitative estimate of drug-likeness (QED) is 0.534. The molecule has 0 atom stereocenters. The van der Waals surface area contributed by atoms with Crippen LogP contribution in [-0.4, -0.2) is 15.7 Å². The van der Waals surface area contributed by atoms with Gasteiger partial charge in [-0.2, -0.15) is 5.10 Å². The summed E-state index contributed by atoms with van der Waals surface area (Å²) in [5.74, 6) is -0.345. The van der Waals surface area contributed by atoms with Gasteiger partial charge in [-0.3, -0.25) is 20.0 Å². The van der Waals surface area contributed by atoms with Crippen molar-refractivity contribution < 1.29 is 4.79 Å². The Kier molecular flexibility index (Phi) is 5.07. The predicted octanol–water partition coefficient (Wildman–Crippen LogP) is 3.57. The Labute approximate surface area is 168 Å². The molecular formula is C23H20N4O2. The van der Waals surface area contributed by atoms with E-state index in [1.54, 1.807) is 17.1 Å². The zero-order valence-corrected chi connectivity index (χ0v) is 15.9. The zero-order valence-electron chi connectivity index (χ0n) is 15.9. The molecule has 1 heterocycles. The van der Waals surface area contributed by atoms with Gasteiger partial charge in [-0.25, -0.2) is 4.68 Å². The fourth-order valence-electron chi connectivity index (χ4n) is 3.24. The van der Waals surface area contributed by atoms with Crippen LogP contribution in [0, 0.1) is 6.92 Å². The number of rotatable bonds is 5. The number of nitrogens with zero attached hydrogens (tertiary/aromatic N) is 3. The van der Waals surface area contributed by atoms with Gasteiger partial charge in [0, 0.05) is 5.39 Å². The molecule has 0 saturated carbocycles. The number of hydrazine groups is 1. The van der Waals surface area contributed by atoms with Crippen molar-refractivity contribution in [3.05, 3.63) is 101 Å². The molecule has 1 aromatic heterocycles. The van der Waals surface area contributed by atoms with Crippen molar-refractivity contribution in [3.8, 4) is 0 Å². The molecular weight excluding hydrogens is 364 g/mol. The van der Waals surface area contributed by atoms with Crippen LogP contribution in [0.1, 0.15) is 5.69 Å². The summed E-state index contributed by atoms with van der Waals surface area (Å²) in [7, 11) is 0. The fraction of sp³-hybridized carbons (Fsp3) is 0.0870. The first-order valence-corrected chi connectivity index (χ1v) is 9.29. The number of benzene rings is 3. The minimum Gasteiger partial charge on any atom is -0.271 e. The molecule has 29 heavy (non-hydrogen) atoms. The maximum Gasteiger partial charge on any atom is 0.275 e. The molecule has 0 radical (unpaired) electrons. The third-order valence-corrected chi connectivity index (χ3v) is 4.61. The number of amides is 1. The second kappa shape index (κ2) is 7.98. The average Bonchev–Trinajstić information content (AvgIpc) is 2.77. The Morgan fingerprint density at radius 2 is 1.38 bits per heavy atom. The summed E-state index contributed by atoms with van der Waals surface area (Å²) in [6.45, 7) is 1.65. The highest BCUT2D eigenvalue weighted by molar-refractivity contribution is 5.84. The number of anilines is 2. The van der Waals surface area contributed by atoms with Crippen molar-refractivity contribution in [1.29, 1.82) is 0 Å². The van der Waals surface area contributed by atoms with E-state index in [1.807, 2.05) is 79.7 Å². The van der Waals surface area contributed by atoms with Crippen LogP contribution in [0.5, 0.6) is 0 Å². The Morgan fingerprint density at radius 3 is 1.97 bits per heavy atom. The van der Waals surface area contributed by atoms with Crippen molar-refractivity contribution in [1.82, 2.24) is 15.2 Å². The van der Waals surface area contributed by atoms with Gasteiger partial charge in [0.2, 0.25) is 0 Å². The Bertz CT molecular complexity index is 1160. The second-order valence-corrected chi connectivity index (χ2v) is 6.64. The van der Waals surface area contributed by atoms with Gasteiger partial charge < -0.3 is 0 Å². The van der Waals surface area contributed by atoms with Crippen LogP contribution in [-0.2, 0) is 11.3 Å². The first-order chi connectivity index (χ1) is 14.1. The van der Waals surface area contributed by atoms with Crippen LogP contribution in [0.15, 0.2) is 89.7 Å². The van der Waals surface area contributed by atoms with Gasteiger partial charge in [0.15, 0.2) is 0 Å². The number of aryl methyl sites for hydroxylation is 1. The number of fused-ring (bicyclic) bond motifs is 1. The van der Waals surface area contributed by atoms with E-state index in [-0.39, 0.29) is 18.0 Å². The van der Waals surface area contributed by atoms with Crippen LogP contribution < -0.4 is 16.0 Å². The van der Waals surface area contributed by atoms with Crippen LogP contribution in [0.3, 0.4) is 0 Å². The van der Waals surface area contributed by atoms with E-state index in [0.29, 0.717) is 11.1 Å². The highest BCUT2D eigenvalue weighted by Crippen LogP contribution is 2.22. The number of hydrogen-bond acceptors (Lipinski definition) is 4. The van der Waals surface area contributed by atoms with Gasteiger partial charge in [-0.1, -0.05) is 54.6 Å². The van der Waals surface area contributed by atoms with E-state index < -0.39 is 0 Å². The van der Waals surface area contributed by atoms with E-state index in [9.17, 15) is 9.59 Å². The zero-order chi connectivity index (χ0) is 20.2. The molecule has 0 aliphatic carbocycles. The minimum atomic E-state index is -0.345. The van der Waals surface area contributed by atoms with Crippen molar-refractivity contribution in [3.63, 3.8) is 0 Å². The largest absolute Gasteiger partial charge is 0.275 e. The normalized spacial score (nSPS) is 10.7. The molecule has 144 valence electrons. The van der Waals surface area contributed by atoms with E-state index >= 15 is 0 Å². The molecule has 0 spiro atoms. The number of carbonyl (C=O) groups excluding carboxylic acids is 1. The van der Waals surface area contributed by atoms with Crippen LogP contribution in [0.2, 0.25) is 0 Å². The molecule has 0 bridgehead atoms. The van der Waals surface area contributed by atoms with Gasteiger partial charge in [-0.05, 0) is 37.3 Å². The number of hydrogen-bond donors (Lipinski definition) is 1. The van der Waals surface area contributed by atoms with Crippen LogP contribution in [0.4, 0.5) is 11.4 Å². The highest BCUT2D eigenvalue weighted by Gasteiger charge is 2.15. The molecule has 6 heteroatoms. The van der Waals surface area contributed by atoms with Gasteiger partial charge in [0.1, 0.15) is 6.54 Å². The second-order valence-electron chi connectivity index (χ2n) is 6.64. The first-order valence-electron chi connectivity index (χ1n) is 9.29. The number of para-hydroxylation sites is 2. The van der Waals surface area contributed by atoms with Gasteiger partial charge >= 0.3 is 0 Å². The van der Waals surface area contributed by atoms with Crippen molar-refractivity contribution in [2.24, 2.45) is 0 Å². The lowest BCUT2D eigenvalue weighted by atomic mass is 10.1. The monoisotopic (exact) mass is 384 g/mol. The standard InChI is InChI=1S/C23H20N4O2/c1-17-20-14-8-9-15-21(20)23(29)26(24-17)16-22(28)25-27(18-10-4-2-5-11-18)19-12-6-3-7-13-19/h2-15H,16H2,1H3,(H,25,28). The maximum absolute atomic E-state index is 12.8. The summed E-state index contributed by atoms with van der Waals surface area (Å²) < 4.78 is 1.21. The van der Waals surface area contributed by atoms with Gasteiger partial charge in [-0.15, -0.1) is 0 Å². The van der Waals surface area contributed by atoms with E-state index in [4.69, 9.17) is 0 Å². The third kappa shape index (κ3) is 3.87. The Balaban J connectivity index is 1.63. The highest BCUT2D eigenvalue weighted by atomic mass is 16.2. The van der Waals surface area contributed by atoms with Crippen molar-refractivity contribution in [2.45, 2.75) is 13.5 Å². The maximum atomic E-state index is 12.8. The summed E-state index contributed by atoms with van der Waals surface area (Å²) in [6, 6.07) is 26.3. The van der Waals surface area contributed by atoms with E-state index in [1.165, 1.54) is 4.68 Å². The average molecular weight is 384 g/mol. The SMILES string of the molecule is Cc1nn(CC(=O)NN(c2ccccc2)c2ccccc2)c(=O)c2ccccc12. The number of carbonyl (C=O) groups is 1. The summed E-state index contributed by atoms with van der Waals surface area (Å²) >= 11 is 0. The van der Waals surface area contributed by atoms with Crippen LogP contribution in [0.25, 0.3) is 10.8 Å². The minimum absolute atomic E-state index is 0.180. The molecule has 0 saturated heterocycles. The Morgan fingerprint density at radius 1 is 0.862 bits per heavy atom. The van der Waals surface area contributed by atoms with Crippen molar-refractivity contribution >= 4 is 28.1 Å². The number of nitrogens with one attached hydrogen (secondary N) is 1. The lowest BCUT2D eigenvalue weighted by Gasteiger charge is -2.25.